The molecule has 23 heavy (non-hydrogen) atoms. The number of amides is 1. The summed E-state index contributed by atoms with van der Waals surface area (Å²) in [6.45, 7) is 2.11. The molecule has 1 aliphatic carbocycles. The van der Waals surface area contributed by atoms with Crippen LogP contribution in [-0.4, -0.2) is 35.0 Å². The van der Waals surface area contributed by atoms with E-state index in [2.05, 4.69) is 4.98 Å². The molecule has 1 saturated carbocycles. The molecule has 0 N–H and O–H groups in total. The van der Waals surface area contributed by atoms with Crippen molar-refractivity contribution in [1.82, 2.24) is 9.88 Å². The summed E-state index contributed by atoms with van der Waals surface area (Å²) in [6.07, 6.45) is 13.7. The maximum atomic E-state index is 12.8. The van der Waals surface area contributed by atoms with Crippen LogP contribution in [0.1, 0.15) is 50.5 Å². The normalized spacial score (nSPS) is 21.2. The summed E-state index contributed by atoms with van der Waals surface area (Å²) < 4.78 is 5.73. The Hall–Kier alpha value is -1.68. The molecule has 0 bridgehead atoms. The lowest BCUT2D eigenvalue weighted by atomic mass is 9.94. The van der Waals surface area contributed by atoms with Gasteiger partial charge in [-0.2, -0.15) is 0 Å². The maximum Gasteiger partial charge on any atom is 0.246 e. The Morgan fingerprint density at radius 1 is 1.30 bits per heavy atom. The first-order chi connectivity index (χ1) is 11.3. The van der Waals surface area contributed by atoms with E-state index in [4.69, 9.17) is 4.74 Å². The predicted molar refractivity (Wildman–Crippen MR) is 89.8 cm³/mol. The third kappa shape index (κ3) is 4.90. The predicted octanol–water partition coefficient (Wildman–Crippen LogP) is 3.48. The zero-order valence-electron chi connectivity index (χ0n) is 13.7. The fourth-order valence-corrected chi connectivity index (χ4v) is 3.39. The molecule has 4 heteroatoms. The molecule has 2 aliphatic rings. The maximum absolute atomic E-state index is 12.8. The van der Waals surface area contributed by atoms with Crippen molar-refractivity contribution in [2.24, 2.45) is 0 Å². The lowest BCUT2D eigenvalue weighted by molar-refractivity contribution is -0.128. The molecule has 1 aromatic rings. The van der Waals surface area contributed by atoms with E-state index in [9.17, 15) is 4.79 Å². The monoisotopic (exact) mass is 314 g/mol. The van der Waals surface area contributed by atoms with Gasteiger partial charge in [0.1, 0.15) is 0 Å². The van der Waals surface area contributed by atoms with Gasteiger partial charge in [0.25, 0.3) is 0 Å². The molecule has 1 aliphatic heterocycles. The van der Waals surface area contributed by atoms with Crippen LogP contribution in [0.4, 0.5) is 0 Å². The molecule has 1 aromatic heterocycles. The van der Waals surface area contributed by atoms with E-state index in [0.717, 1.165) is 37.9 Å². The van der Waals surface area contributed by atoms with Gasteiger partial charge in [0, 0.05) is 38.2 Å². The van der Waals surface area contributed by atoms with Crippen molar-refractivity contribution in [3.8, 4) is 0 Å². The van der Waals surface area contributed by atoms with E-state index in [1.54, 1.807) is 6.20 Å². The highest BCUT2D eigenvalue weighted by atomic mass is 16.5. The third-order valence-electron chi connectivity index (χ3n) is 4.68. The molecule has 1 atom stereocenters. The zero-order valence-corrected chi connectivity index (χ0v) is 13.7. The molecule has 0 spiro atoms. The number of allylic oxidation sites excluding steroid dienone is 1. The van der Waals surface area contributed by atoms with Crippen molar-refractivity contribution < 1.29 is 9.53 Å². The van der Waals surface area contributed by atoms with Crippen molar-refractivity contribution >= 4 is 5.91 Å². The summed E-state index contributed by atoms with van der Waals surface area (Å²) in [5.74, 6) is 0.126. The summed E-state index contributed by atoms with van der Waals surface area (Å²) in [5, 5.41) is 0. The highest BCUT2D eigenvalue weighted by molar-refractivity contribution is 5.88. The average molecular weight is 314 g/mol. The van der Waals surface area contributed by atoms with E-state index in [1.807, 2.05) is 29.3 Å². The second kappa shape index (κ2) is 8.25. The van der Waals surface area contributed by atoms with Crippen LogP contribution in [0, 0.1) is 0 Å². The van der Waals surface area contributed by atoms with Gasteiger partial charge in [-0.05, 0) is 50.2 Å². The van der Waals surface area contributed by atoms with E-state index < -0.39 is 0 Å². The van der Waals surface area contributed by atoms with Crippen molar-refractivity contribution in [2.75, 3.05) is 13.2 Å². The first kappa shape index (κ1) is 16.2. The topological polar surface area (TPSA) is 42.4 Å². The van der Waals surface area contributed by atoms with Crippen LogP contribution in [0.3, 0.4) is 0 Å². The fourth-order valence-electron chi connectivity index (χ4n) is 3.39. The number of nitrogens with zero attached hydrogens (tertiary/aromatic N) is 2. The molecule has 1 saturated heterocycles. The van der Waals surface area contributed by atoms with Gasteiger partial charge >= 0.3 is 0 Å². The first-order valence-corrected chi connectivity index (χ1v) is 8.80. The molecule has 3 rings (SSSR count). The van der Waals surface area contributed by atoms with Gasteiger partial charge in [-0.25, -0.2) is 0 Å². The minimum absolute atomic E-state index is 0.126. The standard InChI is InChI=1S/C19H26N2O2/c22-19(12-16-6-2-1-3-7-16)21(15-18-9-5-11-23-18)14-17-8-4-10-20-13-17/h4,8,10,12-13,18H,1-3,5-7,9,11,14-15H2. The Bertz CT molecular complexity index is 528. The molecule has 4 nitrogen and oxygen atoms in total. The van der Waals surface area contributed by atoms with Crippen LogP contribution in [-0.2, 0) is 16.1 Å². The van der Waals surface area contributed by atoms with Crippen molar-refractivity contribution in [1.29, 1.82) is 0 Å². The molecule has 2 heterocycles. The number of rotatable bonds is 5. The zero-order chi connectivity index (χ0) is 15.9. The van der Waals surface area contributed by atoms with Crippen LogP contribution >= 0.6 is 0 Å². The van der Waals surface area contributed by atoms with E-state index in [0.29, 0.717) is 13.1 Å². The van der Waals surface area contributed by atoms with Crippen LogP contribution in [0.25, 0.3) is 0 Å². The number of hydrogen-bond acceptors (Lipinski definition) is 3. The third-order valence-corrected chi connectivity index (χ3v) is 4.68. The number of carbonyl (C=O) groups excluding carboxylic acids is 1. The smallest absolute Gasteiger partial charge is 0.246 e. The second-order valence-corrected chi connectivity index (χ2v) is 6.58. The van der Waals surface area contributed by atoms with Gasteiger partial charge < -0.3 is 9.64 Å². The van der Waals surface area contributed by atoms with Gasteiger partial charge in [0.15, 0.2) is 0 Å². The summed E-state index contributed by atoms with van der Waals surface area (Å²) in [7, 11) is 0. The Morgan fingerprint density at radius 3 is 2.87 bits per heavy atom. The van der Waals surface area contributed by atoms with Gasteiger partial charge in [0.05, 0.1) is 6.10 Å². The highest BCUT2D eigenvalue weighted by Gasteiger charge is 2.22. The summed E-state index contributed by atoms with van der Waals surface area (Å²) in [6, 6.07) is 3.94. The number of pyridine rings is 1. The Morgan fingerprint density at radius 2 is 2.17 bits per heavy atom. The molecular weight excluding hydrogens is 288 g/mol. The van der Waals surface area contributed by atoms with Crippen LogP contribution in [0.2, 0.25) is 0 Å². The van der Waals surface area contributed by atoms with Crippen molar-refractivity contribution in [3.63, 3.8) is 0 Å². The number of hydrogen-bond donors (Lipinski definition) is 0. The molecule has 124 valence electrons. The molecule has 0 radical (unpaired) electrons. The highest BCUT2D eigenvalue weighted by Crippen LogP contribution is 2.23. The van der Waals surface area contributed by atoms with Crippen LogP contribution in [0.15, 0.2) is 36.2 Å². The molecule has 0 aromatic carbocycles. The van der Waals surface area contributed by atoms with Crippen LogP contribution < -0.4 is 0 Å². The average Bonchev–Trinajstić information content (AvgIpc) is 3.09. The van der Waals surface area contributed by atoms with Gasteiger partial charge in [0.2, 0.25) is 5.91 Å². The summed E-state index contributed by atoms with van der Waals surface area (Å²) in [5.41, 5.74) is 2.38. The van der Waals surface area contributed by atoms with E-state index in [-0.39, 0.29) is 12.0 Å². The fraction of sp³-hybridized carbons (Fsp3) is 0.579. The Kier molecular flexibility index (Phi) is 5.81. The largest absolute Gasteiger partial charge is 0.376 e. The van der Waals surface area contributed by atoms with Gasteiger partial charge in [-0.3, -0.25) is 9.78 Å². The number of ether oxygens (including phenoxy) is 1. The SMILES string of the molecule is O=C(C=C1CCCCC1)N(Cc1cccnc1)CC1CCCO1. The molecule has 1 amide bonds. The number of carbonyl (C=O) groups is 1. The van der Waals surface area contributed by atoms with E-state index in [1.165, 1.54) is 24.8 Å². The Balaban J connectivity index is 1.68. The molecule has 1 unspecified atom stereocenters. The summed E-state index contributed by atoms with van der Waals surface area (Å²) in [4.78, 5) is 18.9. The summed E-state index contributed by atoms with van der Waals surface area (Å²) >= 11 is 0. The second-order valence-electron chi connectivity index (χ2n) is 6.58. The molecule has 2 fully saturated rings. The minimum Gasteiger partial charge on any atom is -0.376 e. The minimum atomic E-state index is 0.126. The first-order valence-electron chi connectivity index (χ1n) is 8.80. The van der Waals surface area contributed by atoms with E-state index >= 15 is 0 Å². The lowest BCUT2D eigenvalue weighted by Crippen LogP contribution is -2.36. The van der Waals surface area contributed by atoms with Crippen LogP contribution in [0.5, 0.6) is 0 Å². The van der Waals surface area contributed by atoms with Crippen molar-refractivity contribution in [2.45, 2.75) is 57.6 Å². The quantitative estimate of drug-likeness (QED) is 0.781. The van der Waals surface area contributed by atoms with Gasteiger partial charge in [-0.1, -0.05) is 18.1 Å². The number of aromatic nitrogens is 1. The molecular formula is C19H26N2O2. The van der Waals surface area contributed by atoms with Gasteiger partial charge in [-0.15, -0.1) is 0 Å². The lowest BCUT2D eigenvalue weighted by Gasteiger charge is -2.25. The van der Waals surface area contributed by atoms with Crippen molar-refractivity contribution in [3.05, 3.63) is 41.7 Å². The Labute approximate surface area is 138 Å².